The Morgan fingerprint density at radius 3 is 2.75 bits per heavy atom. The smallest absolute Gasteiger partial charge is 0.0588 e. The lowest BCUT2D eigenvalue weighted by atomic mass is 9.75. The van der Waals surface area contributed by atoms with Gasteiger partial charge in [0.05, 0.1) is 20.9 Å². The van der Waals surface area contributed by atoms with Crippen LogP contribution < -0.4 is 5.32 Å². The number of hydrogen-bond acceptors (Lipinski definition) is 2. The van der Waals surface area contributed by atoms with E-state index < -0.39 is 10.8 Å². The van der Waals surface area contributed by atoms with Crippen LogP contribution in [0.15, 0.2) is 33.6 Å². The summed E-state index contributed by atoms with van der Waals surface area (Å²) in [7, 11) is -0.969. The van der Waals surface area contributed by atoms with Crippen molar-refractivity contribution in [2.75, 3.05) is 6.54 Å². The van der Waals surface area contributed by atoms with E-state index in [2.05, 4.69) is 42.0 Å². The average Bonchev–Trinajstić information content (AvgIpc) is 2.40. The van der Waals surface area contributed by atoms with Gasteiger partial charge in [0.2, 0.25) is 0 Å². The van der Waals surface area contributed by atoms with Crippen LogP contribution in [0.25, 0.3) is 0 Å². The van der Waals surface area contributed by atoms with Crippen molar-refractivity contribution in [3.8, 4) is 0 Å². The molecule has 0 radical (unpaired) electrons. The fraction of sp³-hybridized carbons (Fsp3) is 0.625. The third-order valence-electron chi connectivity index (χ3n) is 4.13. The van der Waals surface area contributed by atoms with Gasteiger partial charge in [0.1, 0.15) is 0 Å². The number of halogens is 1. The normalized spacial score (nSPS) is 27.2. The molecule has 2 rings (SSSR count). The van der Waals surface area contributed by atoms with Gasteiger partial charge in [-0.05, 0) is 59.3 Å². The summed E-state index contributed by atoms with van der Waals surface area (Å²) in [6.45, 7) is 7.64. The molecule has 0 aliphatic heterocycles. The van der Waals surface area contributed by atoms with Gasteiger partial charge in [-0.25, -0.2) is 0 Å². The Bertz CT molecular complexity index is 489. The predicted molar refractivity (Wildman–Crippen MR) is 89.4 cm³/mol. The van der Waals surface area contributed by atoms with Crippen LogP contribution in [0.4, 0.5) is 0 Å². The molecule has 1 aromatic carbocycles. The first kappa shape index (κ1) is 16.2. The fourth-order valence-electron chi connectivity index (χ4n) is 3.01. The topological polar surface area (TPSA) is 29.1 Å². The lowest BCUT2D eigenvalue weighted by Crippen LogP contribution is -2.48. The molecule has 1 aliphatic rings. The average molecular weight is 358 g/mol. The summed E-state index contributed by atoms with van der Waals surface area (Å²) in [6, 6.07) is 8.25. The highest BCUT2D eigenvalue weighted by atomic mass is 79.9. The molecule has 112 valence electrons. The van der Waals surface area contributed by atoms with Gasteiger partial charge >= 0.3 is 0 Å². The summed E-state index contributed by atoms with van der Waals surface area (Å²) >= 11 is 3.54. The highest BCUT2D eigenvalue weighted by Crippen LogP contribution is 2.39. The summed E-state index contributed by atoms with van der Waals surface area (Å²) < 4.78 is 14.0. The third kappa shape index (κ3) is 3.71. The summed E-state index contributed by atoms with van der Waals surface area (Å²) in [5, 5.41) is 3.73. The second kappa shape index (κ2) is 6.71. The Balaban J connectivity index is 2.26. The largest absolute Gasteiger partial charge is 0.313 e. The summed E-state index contributed by atoms with van der Waals surface area (Å²) in [4.78, 5) is 0.929. The Hall–Kier alpha value is -0.190. The highest BCUT2D eigenvalue weighted by Gasteiger charge is 2.38. The van der Waals surface area contributed by atoms with E-state index in [1.165, 1.54) is 6.42 Å². The zero-order valence-corrected chi connectivity index (χ0v) is 14.9. The van der Waals surface area contributed by atoms with Crippen LogP contribution in [0.3, 0.4) is 0 Å². The van der Waals surface area contributed by atoms with Crippen molar-refractivity contribution in [2.24, 2.45) is 5.41 Å². The maximum atomic E-state index is 13.0. The fourth-order valence-corrected chi connectivity index (χ4v) is 5.71. The van der Waals surface area contributed by atoms with Crippen molar-refractivity contribution in [1.82, 2.24) is 5.32 Å². The third-order valence-corrected chi connectivity index (χ3v) is 6.92. The molecule has 4 heteroatoms. The lowest BCUT2D eigenvalue weighted by molar-refractivity contribution is 0.213. The van der Waals surface area contributed by atoms with Crippen molar-refractivity contribution in [1.29, 1.82) is 0 Å². The molecule has 0 spiro atoms. The second-order valence-electron chi connectivity index (χ2n) is 6.34. The molecule has 3 atom stereocenters. The van der Waals surface area contributed by atoms with Gasteiger partial charge in [-0.15, -0.1) is 0 Å². The van der Waals surface area contributed by atoms with Crippen molar-refractivity contribution in [3.05, 3.63) is 28.7 Å². The minimum absolute atomic E-state index is 0.192. The van der Waals surface area contributed by atoms with Gasteiger partial charge in [0.15, 0.2) is 0 Å². The van der Waals surface area contributed by atoms with E-state index in [9.17, 15) is 4.21 Å². The Morgan fingerprint density at radius 1 is 1.40 bits per heavy atom. The van der Waals surface area contributed by atoms with Gasteiger partial charge < -0.3 is 5.32 Å². The molecule has 2 nitrogen and oxygen atoms in total. The summed E-state index contributed by atoms with van der Waals surface area (Å²) in [5.74, 6) is 0. The zero-order valence-electron chi connectivity index (χ0n) is 12.5. The molecular weight excluding hydrogens is 334 g/mol. The first-order valence-electron chi connectivity index (χ1n) is 7.33. The quantitative estimate of drug-likeness (QED) is 0.878. The van der Waals surface area contributed by atoms with Crippen LogP contribution in [0.2, 0.25) is 0 Å². The van der Waals surface area contributed by atoms with Crippen LogP contribution in [0, 0.1) is 5.41 Å². The van der Waals surface area contributed by atoms with Crippen LogP contribution in [0.1, 0.15) is 40.0 Å². The van der Waals surface area contributed by atoms with Crippen LogP contribution >= 0.6 is 15.9 Å². The van der Waals surface area contributed by atoms with E-state index in [1.807, 2.05) is 24.3 Å². The minimum atomic E-state index is -0.969. The van der Waals surface area contributed by atoms with E-state index in [0.29, 0.717) is 6.04 Å². The van der Waals surface area contributed by atoms with Gasteiger partial charge in [-0.2, -0.15) is 0 Å². The summed E-state index contributed by atoms with van der Waals surface area (Å²) in [6.07, 6.45) is 3.33. The second-order valence-corrected chi connectivity index (χ2v) is 8.83. The Morgan fingerprint density at radius 2 is 2.10 bits per heavy atom. The Labute approximate surface area is 133 Å². The van der Waals surface area contributed by atoms with Crippen LogP contribution in [0.5, 0.6) is 0 Å². The van der Waals surface area contributed by atoms with Gasteiger partial charge in [-0.1, -0.05) is 32.9 Å². The van der Waals surface area contributed by atoms with E-state index in [0.717, 1.165) is 28.8 Å². The maximum absolute atomic E-state index is 13.0. The molecule has 1 saturated carbocycles. The molecule has 3 unspecified atom stereocenters. The van der Waals surface area contributed by atoms with Gasteiger partial charge in [0, 0.05) is 10.5 Å². The molecule has 0 amide bonds. The summed E-state index contributed by atoms with van der Waals surface area (Å²) in [5.41, 5.74) is 0.285. The molecule has 1 N–H and O–H groups in total. The first-order chi connectivity index (χ1) is 9.44. The number of hydrogen-bond donors (Lipinski definition) is 1. The van der Waals surface area contributed by atoms with E-state index >= 15 is 0 Å². The first-order valence-corrected chi connectivity index (χ1v) is 9.34. The standard InChI is InChI=1S/C16H24BrNOS/c1-4-18-13-9-10-16(2,3)11-15(13)20(19)14-8-6-5-7-12(14)17/h5-8,13,15,18H,4,9-11H2,1-3H3. The SMILES string of the molecule is CCNC1CCC(C)(C)CC1S(=O)c1ccccc1Br. The van der Waals surface area contributed by atoms with Crippen molar-refractivity contribution in [3.63, 3.8) is 0 Å². The molecule has 0 bridgehead atoms. The Kier molecular flexibility index (Phi) is 5.43. The minimum Gasteiger partial charge on any atom is -0.313 e. The van der Waals surface area contributed by atoms with Crippen molar-refractivity contribution < 1.29 is 4.21 Å². The van der Waals surface area contributed by atoms with Crippen LogP contribution in [-0.4, -0.2) is 22.0 Å². The van der Waals surface area contributed by atoms with Gasteiger partial charge in [-0.3, -0.25) is 4.21 Å². The molecule has 1 fully saturated rings. The van der Waals surface area contributed by atoms with E-state index in [-0.39, 0.29) is 10.7 Å². The van der Waals surface area contributed by atoms with E-state index in [4.69, 9.17) is 0 Å². The number of rotatable bonds is 4. The number of nitrogens with one attached hydrogen (secondary N) is 1. The highest BCUT2D eigenvalue weighted by molar-refractivity contribution is 9.10. The van der Waals surface area contributed by atoms with Gasteiger partial charge in [0.25, 0.3) is 0 Å². The lowest BCUT2D eigenvalue weighted by Gasteiger charge is -2.40. The predicted octanol–water partition coefficient (Wildman–Crippen LogP) is 4.11. The monoisotopic (exact) mass is 357 g/mol. The molecule has 1 aromatic rings. The molecule has 0 heterocycles. The molecule has 0 aromatic heterocycles. The molecule has 20 heavy (non-hydrogen) atoms. The van der Waals surface area contributed by atoms with E-state index in [1.54, 1.807) is 0 Å². The van der Waals surface area contributed by atoms with Crippen LogP contribution in [-0.2, 0) is 10.8 Å². The molecule has 1 aliphatic carbocycles. The zero-order chi connectivity index (χ0) is 14.8. The molecule has 0 saturated heterocycles. The van der Waals surface area contributed by atoms with Crippen molar-refractivity contribution >= 4 is 26.7 Å². The molecular formula is C16H24BrNOS. The van der Waals surface area contributed by atoms with Crippen molar-refractivity contribution in [2.45, 2.75) is 56.2 Å². The number of benzene rings is 1. The maximum Gasteiger partial charge on any atom is 0.0588 e.